The van der Waals surface area contributed by atoms with Crippen LogP contribution in [0.5, 0.6) is 0 Å². The highest BCUT2D eigenvalue weighted by atomic mass is 16.3. The third kappa shape index (κ3) is 6.93. The summed E-state index contributed by atoms with van der Waals surface area (Å²) in [4.78, 5) is 23.6. The zero-order valence-electron chi connectivity index (χ0n) is 27.8. The van der Waals surface area contributed by atoms with Gasteiger partial charge in [0, 0.05) is 85.6 Å². The fourth-order valence-electron chi connectivity index (χ4n) is 7.17. The third-order valence-corrected chi connectivity index (χ3v) is 9.38. The highest BCUT2D eigenvalue weighted by Crippen LogP contribution is 2.25. The van der Waals surface area contributed by atoms with Crippen molar-refractivity contribution in [3.8, 4) is 0 Å². The van der Waals surface area contributed by atoms with E-state index in [9.17, 15) is 5.11 Å². The zero-order valence-corrected chi connectivity index (χ0v) is 27.8. The van der Waals surface area contributed by atoms with E-state index >= 15 is 0 Å². The lowest BCUT2D eigenvalue weighted by atomic mass is 10.1. The van der Waals surface area contributed by atoms with E-state index in [2.05, 4.69) is 107 Å². The summed E-state index contributed by atoms with van der Waals surface area (Å²) >= 11 is 0. The van der Waals surface area contributed by atoms with Crippen molar-refractivity contribution in [2.75, 3.05) is 13.1 Å². The van der Waals surface area contributed by atoms with Gasteiger partial charge in [-0.3, -0.25) is 29.7 Å². The molecule has 0 spiro atoms. The van der Waals surface area contributed by atoms with E-state index in [4.69, 9.17) is 19.9 Å². The minimum atomic E-state index is -0.647. The quantitative estimate of drug-likeness (QED) is 0.143. The van der Waals surface area contributed by atoms with Gasteiger partial charge < -0.3 is 5.11 Å². The van der Waals surface area contributed by atoms with Crippen molar-refractivity contribution in [3.63, 3.8) is 0 Å². The molecule has 4 aromatic carbocycles. The second-order valence-corrected chi connectivity index (χ2v) is 13.0. The number of pyridine rings is 4. The van der Waals surface area contributed by atoms with Gasteiger partial charge in [0.05, 0.1) is 28.2 Å². The van der Waals surface area contributed by atoms with Gasteiger partial charge in [-0.05, 0) is 46.5 Å². The molecule has 4 heterocycles. The molecule has 0 unspecified atom stereocenters. The van der Waals surface area contributed by atoms with Crippen molar-refractivity contribution in [3.05, 3.63) is 168 Å². The summed E-state index contributed by atoms with van der Waals surface area (Å²) in [6.07, 6.45) is 6.75. The predicted octanol–water partition coefficient (Wildman–Crippen LogP) is 7.94. The summed E-state index contributed by atoms with van der Waals surface area (Å²) in [5.41, 5.74) is 8.46. The van der Waals surface area contributed by atoms with Crippen molar-refractivity contribution in [2.24, 2.45) is 0 Å². The van der Waals surface area contributed by atoms with Crippen LogP contribution >= 0.6 is 0 Å². The molecule has 0 fully saturated rings. The van der Waals surface area contributed by atoms with Crippen molar-refractivity contribution in [1.29, 1.82) is 0 Å². The van der Waals surface area contributed by atoms with E-state index in [1.807, 2.05) is 49.1 Å². The number of rotatable bonds is 12. The Morgan fingerprint density at radius 3 is 0.920 bits per heavy atom. The Hall–Kier alpha value is -5.60. The molecule has 7 heteroatoms. The number of aliphatic hydroxyl groups excluding tert-OH is 1. The highest BCUT2D eigenvalue weighted by molar-refractivity contribution is 5.84. The lowest BCUT2D eigenvalue weighted by molar-refractivity contribution is 0.0636. The second kappa shape index (κ2) is 14.5. The second-order valence-electron chi connectivity index (χ2n) is 13.0. The number of aromatic nitrogens is 4. The molecule has 0 bridgehead atoms. The van der Waals surface area contributed by atoms with Gasteiger partial charge in [0.1, 0.15) is 0 Å². The lowest BCUT2D eigenvalue weighted by Crippen LogP contribution is -2.39. The third-order valence-electron chi connectivity index (χ3n) is 9.38. The number of benzene rings is 4. The summed E-state index contributed by atoms with van der Waals surface area (Å²) in [6.45, 7) is 3.46. The average Bonchev–Trinajstić information content (AvgIpc) is 3.15. The number of nitrogens with zero attached hydrogens (tertiary/aromatic N) is 6. The molecule has 7 nitrogen and oxygen atoms in total. The molecular formula is C43H38N6O. The molecule has 1 N–H and O–H groups in total. The normalized spacial score (nSPS) is 11.9. The fraction of sp³-hybridized carbons (Fsp3) is 0.163. The first-order valence-corrected chi connectivity index (χ1v) is 17.1. The van der Waals surface area contributed by atoms with Gasteiger partial charge in [-0.1, -0.05) is 97.1 Å². The minimum absolute atomic E-state index is 0.463. The summed E-state index contributed by atoms with van der Waals surface area (Å²) in [7, 11) is 0. The number of hydrogen-bond donors (Lipinski definition) is 1. The van der Waals surface area contributed by atoms with E-state index < -0.39 is 6.10 Å². The standard InChI is InChI=1S/C43H38N6O/c50-39(29-48(25-35-13-1-9-31-17-5-21-44-40(31)35)26-36-14-2-10-32-18-6-22-45-41(32)36)30-49(27-37-15-3-11-33-19-7-23-46-42(33)37)28-38-16-4-12-34-20-8-24-47-43(34)38/h1-24,39,50H,25-30H2. The SMILES string of the molecule is OC(CN(Cc1cccc2cccnc12)Cc1cccc2cccnc12)CN(Cc1cccc2cccnc12)Cc1cccc2cccnc12. The van der Waals surface area contributed by atoms with E-state index in [1.165, 1.54) is 0 Å². The van der Waals surface area contributed by atoms with E-state index in [0.29, 0.717) is 39.3 Å². The molecule has 4 aromatic heterocycles. The van der Waals surface area contributed by atoms with Crippen LogP contribution in [0.4, 0.5) is 0 Å². The average molecular weight is 655 g/mol. The molecule has 0 aliphatic carbocycles. The molecule has 0 saturated carbocycles. The summed E-state index contributed by atoms with van der Waals surface area (Å²) in [5, 5.41) is 16.4. The molecule has 50 heavy (non-hydrogen) atoms. The molecule has 0 aliphatic heterocycles. The molecule has 0 radical (unpaired) electrons. The Bertz CT molecular complexity index is 2060. The fourth-order valence-corrected chi connectivity index (χ4v) is 7.17. The van der Waals surface area contributed by atoms with E-state index in [1.54, 1.807) is 0 Å². The van der Waals surface area contributed by atoms with Crippen LogP contribution in [0.3, 0.4) is 0 Å². The van der Waals surface area contributed by atoms with Crippen LogP contribution in [0, 0.1) is 0 Å². The molecule has 246 valence electrons. The summed E-state index contributed by atoms with van der Waals surface area (Å²) in [6, 6.07) is 41.6. The molecule has 8 rings (SSSR count). The maximum atomic E-state index is 12.0. The molecule has 0 aliphatic rings. The van der Waals surface area contributed by atoms with Crippen LogP contribution in [0.2, 0.25) is 0 Å². The Balaban J connectivity index is 1.11. The van der Waals surface area contributed by atoms with Gasteiger partial charge in [-0.25, -0.2) is 0 Å². The van der Waals surface area contributed by atoms with Crippen LogP contribution in [0.15, 0.2) is 146 Å². The zero-order chi connectivity index (χ0) is 33.7. The Kier molecular flexibility index (Phi) is 9.17. The maximum absolute atomic E-state index is 12.0. The number of aliphatic hydroxyl groups is 1. The number of fused-ring (bicyclic) bond motifs is 4. The minimum Gasteiger partial charge on any atom is -0.390 e. The van der Waals surface area contributed by atoms with Crippen LogP contribution < -0.4 is 0 Å². The van der Waals surface area contributed by atoms with Crippen LogP contribution in [0.1, 0.15) is 22.3 Å². The smallest absolute Gasteiger partial charge is 0.0794 e. The Morgan fingerprint density at radius 2 is 0.640 bits per heavy atom. The molecule has 0 amide bonds. The topological polar surface area (TPSA) is 78.3 Å². The lowest BCUT2D eigenvalue weighted by Gasteiger charge is -2.30. The first-order chi connectivity index (χ1) is 24.7. The van der Waals surface area contributed by atoms with Gasteiger partial charge in [0.15, 0.2) is 0 Å². The maximum Gasteiger partial charge on any atom is 0.0794 e. The number of hydrogen-bond acceptors (Lipinski definition) is 7. The summed E-state index contributed by atoms with van der Waals surface area (Å²) in [5.74, 6) is 0. The monoisotopic (exact) mass is 654 g/mol. The Morgan fingerprint density at radius 1 is 0.380 bits per heavy atom. The van der Waals surface area contributed by atoms with Gasteiger partial charge in [-0.2, -0.15) is 0 Å². The van der Waals surface area contributed by atoms with Crippen molar-refractivity contribution >= 4 is 43.6 Å². The van der Waals surface area contributed by atoms with E-state index in [-0.39, 0.29) is 0 Å². The molecule has 0 saturated heterocycles. The highest BCUT2D eigenvalue weighted by Gasteiger charge is 2.21. The van der Waals surface area contributed by atoms with Crippen molar-refractivity contribution in [1.82, 2.24) is 29.7 Å². The van der Waals surface area contributed by atoms with Crippen LogP contribution in [0.25, 0.3) is 43.6 Å². The van der Waals surface area contributed by atoms with Crippen LogP contribution in [-0.4, -0.2) is 54.0 Å². The summed E-state index contributed by atoms with van der Waals surface area (Å²) < 4.78 is 0. The molecule has 0 atom stereocenters. The number of para-hydroxylation sites is 4. The predicted molar refractivity (Wildman–Crippen MR) is 201 cm³/mol. The van der Waals surface area contributed by atoms with Crippen molar-refractivity contribution in [2.45, 2.75) is 32.3 Å². The largest absolute Gasteiger partial charge is 0.390 e. The van der Waals surface area contributed by atoms with Crippen molar-refractivity contribution < 1.29 is 5.11 Å². The van der Waals surface area contributed by atoms with Gasteiger partial charge in [0.2, 0.25) is 0 Å². The van der Waals surface area contributed by atoms with E-state index in [0.717, 1.165) is 65.9 Å². The van der Waals surface area contributed by atoms with Gasteiger partial charge in [-0.15, -0.1) is 0 Å². The van der Waals surface area contributed by atoms with Gasteiger partial charge >= 0.3 is 0 Å². The van der Waals surface area contributed by atoms with Gasteiger partial charge in [0.25, 0.3) is 0 Å². The molecular weight excluding hydrogens is 617 g/mol. The first kappa shape index (κ1) is 31.7. The molecule has 8 aromatic rings. The Labute approximate surface area is 291 Å². The van der Waals surface area contributed by atoms with Crippen LogP contribution in [-0.2, 0) is 26.2 Å². The first-order valence-electron chi connectivity index (χ1n) is 17.1.